The Morgan fingerprint density at radius 2 is 1.14 bits per heavy atom. The van der Waals surface area contributed by atoms with Crippen LogP contribution in [-0.4, -0.2) is 47.8 Å². The summed E-state index contributed by atoms with van der Waals surface area (Å²) in [5.74, 6) is 0. The Morgan fingerprint density at radius 3 is 1.52 bits per heavy atom. The van der Waals surface area contributed by atoms with Gasteiger partial charge < -0.3 is 10.6 Å². The van der Waals surface area contributed by atoms with Gasteiger partial charge in [0.2, 0.25) is 0 Å². The van der Waals surface area contributed by atoms with Crippen LogP contribution in [0.3, 0.4) is 0 Å². The first-order chi connectivity index (χ1) is 10.1. The van der Waals surface area contributed by atoms with Crippen LogP contribution in [0, 0.1) is 0 Å². The molecule has 0 fully saturated rings. The van der Waals surface area contributed by atoms with E-state index in [9.17, 15) is 8.42 Å². The fourth-order valence-electron chi connectivity index (χ4n) is 1.66. The van der Waals surface area contributed by atoms with E-state index >= 15 is 0 Å². The number of rotatable bonds is 16. The Bertz CT molecular complexity index is 286. The van der Waals surface area contributed by atoms with Crippen LogP contribution in [0.5, 0.6) is 0 Å². The van der Waals surface area contributed by atoms with E-state index in [2.05, 4.69) is 24.5 Å². The quantitative estimate of drug-likeness (QED) is 0.422. The van der Waals surface area contributed by atoms with E-state index in [-0.39, 0.29) is 13.2 Å². The maximum atomic E-state index is 11.4. The molecule has 0 bridgehead atoms. The lowest BCUT2D eigenvalue weighted by atomic mass is 10.3. The molecular formula is C14H32N2O4S. The van der Waals surface area contributed by atoms with E-state index in [0.29, 0.717) is 12.8 Å². The van der Waals surface area contributed by atoms with Gasteiger partial charge in [-0.05, 0) is 64.7 Å². The lowest BCUT2D eigenvalue weighted by molar-refractivity contribution is 0.208. The van der Waals surface area contributed by atoms with E-state index in [4.69, 9.17) is 8.37 Å². The molecule has 0 aromatic heterocycles. The molecule has 0 aromatic carbocycles. The summed E-state index contributed by atoms with van der Waals surface area (Å²) in [6, 6.07) is 0. The summed E-state index contributed by atoms with van der Waals surface area (Å²) >= 11 is 0. The molecule has 6 nitrogen and oxygen atoms in total. The smallest absolute Gasteiger partial charge is 0.317 e. The van der Waals surface area contributed by atoms with Crippen LogP contribution < -0.4 is 10.6 Å². The Labute approximate surface area is 130 Å². The highest BCUT2D eigenvalue weighted by Crippen LogP contribution is 2.01. The van der Waals surface area contributed by atoms with Gasteiger partial charge in [-0.1, -0.05) is 13.8 Å². The van der Waals surface area contributed by atoms with Gasteiger partial charge in [-0.3, -0.25) is 0 Å². The molecule has 0 atom stereocenters. The normalized spacial score (nSPS) is 11.9. The molecule has 2 N–H and O–H groups in total. The van der Waals surface area contributed by atoms with E-state index in [1.165, 1.54) is 0 Å². The molecule has 128 valence electrons. The highest BCUT2D eigenvalue weighted by atomic mass is 32.3. The van der Waals surface area contributed by atoms with Crippen molar-refractivity contribution in [3.63, 3.8) is 0 Å². The SMILES string of the molecule is CCCNCCCCOS(=O)(=O)OCCCCNCCC. The fourth-order valence-corrected chi connectivity index (χ4v) is 2.38. The van der Waals surface area contributed by atoms with Crippen molar-refractivity contribution in [1.82, 2.24) is 10.6 Å². The molecule has 0 aliphatic heterocycles. The molecule has 0 saturated carbocycles. The predicted octanol–water partition coefficient (Wildman–Crippen LogP) is 1.82. The highest BCUT2D eigenvalue weighted by Gasteiger charge is 2.10. The molecule has 0 heterocycles. The van der Waals surface area contributed by atoms with Crippen molar-refractivity contribution in [2.24, 2.45) is 0 Å². The van der Waals surface area contributed by atoms with Crippen LogP contribution in [0.25, 0.3) is 0 Å². The molecule has 0 radical (unpaired) electrons. The first-order valence-electron chi connectivity index (χ1n) is 8.07. The number of unbranched alkanes of at least 4 members (excludes halogenated alkanes) is 2. The molecule has 0 unspecified atom stereocenters. The van der Waals surface area contributed by atoms with Crippen LogP contribution in [0.15, 0.2) is 0 Å². The molecular weight excluding hydrogens is 292 g/mol. The maximum Gasteiger partial charge on any atom is 0.399 e. The predicted molar refractivity (Wildman–Crippen MR) is 85.6 cm³/mol. The zero-order valence-corrected chi connectivity index (χ0v) is 14.3. The second kappa shape index (κ2) is 14.7. The van der Waals surface area contributed by atoms with E-state index < -0.39 is 10.4 Å². The third kappa shape index (κ3) is 16.0. The van der Waals surface area contributed by atoms with Crippen LogP contribution >= 0.6 is 0 Å². The molecule has 0 aliphatic carbocycles. The third-order valence-electron chi connectivity index (χ3n) is 2.80. The third-order valence-corrected chi connectivity index (χ3v) is 3.72. The van der Waals surface area contributed by atoms with Gasteiger partial charge in [-0.15, -0.1) is 0 Å². The monoisotopic (exact) mass is 324 g/mol. The van der Waals surface area contributed by atoms with Gasteiger partial charge in [0.25, 0.3) is 0 Å². The van der Waals surface area contributed by atoms with Crippen molar-refractivity contribution in [2.45, 2.75) is 52.4 Å². The topological polar surface area (TPSA) is 76.7 Å². The van der Waals surface area contributed by atoms with Crippen LogP contribution in [0.1, 0.15) is 52.4 Å². The van der Waals surface area contributed by atoms with Gasteiger partial charge in [0.1, 0.15) is 0 Å². The Kier molecular flexibility index (Phi) is 14.6. The van der Waals surface area contributed by atoms with Crippen LogP contribution in [0.4, 0.5) is 0 Å². The average Bonchev–Trinajstić information content (AvgIpc) is 2.45. The van der Waals surface area contributed by atoms with Gasteiger partial charge in [0.05, 0.1) is 13.2 Å². The van der Waals surface area contributed by atoms with Crippen molar-refractivity contribution in [2.75, 3.05) is 39.4 Å². The first-order valence-corrected chi connectivity index (χ1v) is 9.41. The number of hydrogen-bond donors (Lipinski definition) is 2. The fraction of sp³-hybridized carbons (Fsp3) is 1.00. The minimum atomic E-state index is -3.82. The van der Waals surface area contributed by atoms with Crippen molar-refractivity contribution in [3.8, 4) is 0 Å². The second-order valence-electron chi connectivity index (χ2n) is 4.97. The lowest BCUT2D eigenvalue weighted by Crippen LogP contribution is -2.18. The molecule has 0 saturated heterocycles. The van der Waals surface area contributed by atoms with E-state index in [1.54, 1.807) is 0 Å². The summed E-state index contributed by atoms with van der Waals surface area (Å²) in [6.07, 6.45) is 5.43. The maximum absolute atomic E-state index is 11.4. The average molecular weight is 324 g/mol. The summed E-state index contributed by atoms with van der Waals surface area (Å²) in [7, 11) is -3.82. The molecule has 7 heteroatoms. The molecule has 21 heavy (non-hydrogen) atoms. The summed E-state index contributed by atoms with van der Waals surface area (Å²) in [6.45, 7) is 8.37. The highest BCUT2D eigenvalue weighted by molar-refractivity contribution is 7.81. The summed E-state index contributed by atoms with van der Waals surface area (Å²) in [5, 5.41) is 6.51. The second-order valence-corrected chi connectivity index (χ2v) is 6.25. The minimum absolute atomic E-state index is 0.189. The Hall–Kier alpha value is -0.210. The molecule has 0 rings (SSSR count). The summed E-state index contributed by atoms with van der Waals surface area (Å²) in [5.41, 5.74) is 0. The molecule has 0 spiro atoms. The van der Waals surface area contributed by atoms with E-state index in [0.717, 1.165) is 51.9 Å². The standard InChI is InChI=1S/C14H32N2O4S/c1-3-9-15-11-5-7-13-19-21(17,18)20-14-8-6-12-16-10-4-2/h15-16H,3-14H2,1-2H3. The van der Waals surface area contributed by atoms with Gasteiger partial charge in [0, 0.05) is 0 Å². The van der Waals surface area contributed by atoms with Gasteiger partial charge in [0.15, 0.2) is 0 Å². The van der Waals surface area contributed by atoms with Crippen molar-refractivity contribution >= 4 is 10.4 Å². The largest absolute Gasteiger partial charge is 0.399 e. The summed E-state index contributed by atoms with van der Waals surface area (Å²) < 4.78 is 32.4. The Balaban J connectivity index is 3.39. The van der Waals surface area contributed by atoms with Crippen molar-refractivity contribution in [1.29, 1.82) is 0 Å². The molecule has 0 aliphatic rings. The number of hydrogen-bond acceptors (Lipinski definition) is 6. The van der Waals surface area contributed by atoms with Crippen LogP contribution in [-0.2, 0) is 18.8 Å². The van der Waals surface area contributed by atoms with Gasteiger partial charge in [-0.25, -0.2) is 8.37 Å². The van der Waals surface area contributed by atoms with Crippen molar-refractivity contribution in [3.05, 3.63) is 0 Å². The Morgan fingerprint density at radius 1 is 0.714 bits per heavy atom. The van der Waals surface area contributed by atoms with E-state index in [1.807, 2.05) is 0 Å². The molecule has 0 aromatic rings. The van der Waals surface area contributed by atoms with Crippen LogP contribution in [0.2, 0.25) is 0 Å². The van der Waals surface area contributed by atoms with Crippen molar-refractivity contribution < 1.29 is 16.8 Å². The zero-order valence-electron chi connectivity index (χ0n) is 13.5. The first kappa shape index (κ1) is 20.8. The van der Waals surface area contributed by atoms with Gasteiger partial charge in [-0.2, -0.15) is 8.42 Å². The number of nitrogens with one attached hydrogen (secondary N) is 2. The summed E-state index contributed by atoms with van der Waals surface area (Å²) in [4.78, 5) is 0. The minimum Gasteiger partial charge on any atom is -0.317 e. The lowest BCUT2D eigenvalue weighted by Gasteiger charge is -2.07. The zero-order chi connectivity index (χ0) is 15.8. The van der Waals surface area contributed by atoms with Gasteiger partial charge >= 0.3 is 10.4 Å². The molecule has 0 amide bonds.